The van der Waals surface area contributed by atoms with Crippen molar-refractivity contribution in [3.8, 4) is 0 Å². The molecule has 1 aromatic carbocycles. The molecule has 0 aromatic heterocycles. The van der Waals surface area contributed by atoms with Crippen LogP contribution in [0.1, 0.15) is 44.7 Å². The monoisotopic (exact) mass is 357 g/mol. The maximum atomic E-state index is 12.2. The lowest BCUT2D eigenvalue weighted by Gasteiger charge is -2.31. The van der Waals surface area contributed by atoms with E-state index in [-0.39, 0.29) is 12.0 Å². The molecule has 140 valence electrons. The number of anilines is 2. The predicted octanol–water partition coefficient (Wildman–Crippen LogP) is 3.20. The van der Waals surface area contributed by atoms with Crippen molar-refractivity contribution in [2.75, 3.05) is 30.8 Å². The first kappa shape index (κ1) is 18.3. The number of hydrogen-bond donors (Lipinski definition) is 1. The molecular formula is C20H27N3O3. The summed E-state index contributed by atoms with van der Waals surface area (Å²) >= 11 is 0. The third-order valence-corrected chi connectivity index (χ3v) is 4.80. The molecule has 1 aromatic rings. The van der Waals surface area contributed by atoms with Gasteiger partial charge < -0.3 is 20.3 Å². The van der Waals surface area contributed by atoms with Crippen LogP contribution in [0.2, 0.25) is 0 Å². The molecule has 0 bridgehead atoms. The fourth-order valence-electron chi connectivity index (χ4n) is 3.39. The number of amides is 2. The second kappa shape index (κ2) is 6.67. The average Bonchev–Trinajstić information content (AvgIpc) is 2.57. The van der Waals surface area contributed by atoms with Crippen LogP contribution in [0.4, 0.5) is 16.2 Å². The van der Waals surface area contributed by atoms with Gasteiger partial charge in [0.15, 0.2) is 0 Å². The van der Waals surface area contributed by atoms with Crippen LogP contribution in [0.15, 0.2) is 18.2 Å². The van der Waals surface area contributed by atoms with Gasteiger partial charge >= 0.3 is 6.09 Å². The van der Waals surface area contributed by atoms with E-state index in [0.717, 1.165) is 35.2 Å². The molecule has 0 radical (unpaired) electrons. The minimum atomic E-state index is -0.493. The number of nitrogens with two attached hydrogens (primary N) is 1. The molecule has 2 aliphatic heterocycles. The highest BCUT2D eigenvalue weighted by atomic mass is 16.6. The van der Waals surface area contributed by atoms with Crippen molar-refractivity contribution in [1.29, 1.82) is 0 Å². The van der Waals surface area contributed by atoms with Gasteiger partial charge in [-0.15, -0.1) is 0 Å². The molecule has 26 heavy (non-hydrogen) atoms. The second-order valence-electron chi connectivity index (χ2n) is 7.93. The molecule has 0 unspecified atom stereocenters. The zero-order valence-corrected chi connectivity index (χ0v) is 16.0. The smallest absolute Gasteiger partial charge is 0.410 e. The number of fused-ring (bicyclic) bond motifs is 1. The van der Waals surface area contributed by atoms with Crippen LogP contribution in [0.3, 0.4) is 0 Å². The summed E-state index contributed by atoms with van der Waals surface area (Å²) in [5.41, 5.74) is 10.6. The van der Waals surface area contributed by atoms with Gasteiger partial charge in [-0.25, -0.2) is 4.79 Å². The van der Waals surface area contributed by atoms with Gasteiger partial charge in [-0.1, -0.05) is 6.08 Å². The molecule has 6 heteroatoms. The Morgan fingerprint density at radius 2 is 1.92 bits per heavy atom. The van der Waals surface area contributed by atoms with Crippen LogP contribution in [-0.2, 0) is 16.0 Å². The Balaban J connectivity index is 1.79. The van der Waals surface area contributed by atoms with Crippen LogP contribution >= 0.6 is 0 Å². The van der Waals surface area contributed by atoms with Crippen molar-refractivity contribution in [2.24, 2.45) is 0 Å². The Hall–Kier alpha value is -2.50. The van der Waals surface area contributed by atoms with Gasteiger partial charge in [0.1, 0.15) is 5.60 Å². The number of benzene rings is 1. The van der Waals surface area contributed by atoms with Crippen molar-refractivity contribution in [3.63, 3.8) is 0 Å². The minimum absolute atomic E-state index is 0.120. The number of hydrogen-bond acceptors (Lipinski definition) is 4. The highest BCUT2D eigenvalue weighted by Gasteiger charge is 2.26. The van der Waals surface area contributed by atoms with Gasteiger partial charge in [0.05, 0.1) is 0 Å². The van der Waals surface area contributed by atoms with Gasteiger partial charge in [0.2, 0.25) is 5.91 Å². The zero-order valence-electron chi connectivity index (χ0n) is 16.0. The van der Waals surface area contributed by atoms with Gasteiger partial charge in [-0.2, -0.15) is 0 Å². The van der Waals surface area contributed by atoms with E-state index >= 15 is 0 Å². The highest BCUT2D eigenvalue weighted by molar-refractivity contribution is 5.97. The Bertz CT molecular complexity index is 777. The van der Waals surface area contributed by atoms with Crippen molar-refractivity contribution < 1.29 is 14.3 Å². The second-order valence-corrected chi connectivity index (χ2v) is 7.93. The van der Waals surface area contributed by atoms with E-state index in [1.165, 1.54) is 0 Å². The molecule has 2 N–H and O–H groups in total. The quantitative estimate of drug-likeness (QED) is 0.783. The third kappa shape index (κ3) is 3.69. The summed E-state index contributed by atoms with van der Waals surface area (Å²) in [5.74, 6) is 0.120. The van der Waals surface area contributed by atoms with Crippen LogP contribution in [0.5, 0.6) is 0 Å². The third-order valence-electron chi connectivity index (χ3n) is 4.80. The first-order chi connectivity index (χ1) is 12.2. The summed E-state index contributed by atoms with van der Waals surface area (Å²) < 4.78 is 5.43. The number of ether oxygens (including phenoxy) is 1. The molecule has 2 aliphatic rings. The standard InChI is InChI=1S/C20H27N3O3/c1-20(2,3)26-19(25)23-9-7-13(8-10-23)15-11-14-5-6-18(24)22(4)17(14)12-16(15)21/h7,11-12H,5-6,8-10,21H2,1-4H3. The minimum Gasteiger partial charge on any atom is -0.444 e. The lowest BCUT2D eigenvalue weighted by atomic mass is 9.92. The van der Waals surface area contributed by atoms with E-state index < -0.39 is 5.60 Å². The summed E-state index contributed by atoms with van der Waals surface area (Å²) in [6.45, 7) is 6.72. The molecule has 0 aliphatic carbocycles. The summed E-state index contributed by atoms with van der Waals surface area (Å²) in [6, 6.07) is 3.99. The molecule has 0 saturated heterocycles. The molecular weight excluding hydrogens is 330 g/mol. The molecule has 0 saturated carbocycles. The maximum absolute atomic E-state index is 12.2. The van der Waals surface area contributed by atoms with E-state index in [9.17, 15) is 9.59 Å². The van der Waals surface area contributed by atoms with Gasteiger partial charge in [0.25, 0.3) is 0 Å². The Labute approximate surface area is 154 Å². The van der Waals surface area contributed by atoms with Crippen molar-refractivity contribution >= 4 is 28.9 Å². The topological polar surface area (TPSA) is 75.9 Å². The lowest BCUT2D eigenvalue weighted by Crippen LogP contribution is -2.39. The fourth-order valence-corrected chi connectivity index (χ4v) is 3.39. The van der Waals surface area contributed by atoms with Crippen LogP contribution < -0.4 is 10.6 Å². The fraction of sp³-hybridized carbons (Fsp3) is 0.500. The first-order valence-electron chi connectivity index (χ1n) is 9.02. The number of nitrogen functional groups attached to an aromatic ring is 1. The van der Waals surface area contributed by atoms with E-state index in [1.807, 2.05) is 32.9 Å². The highest BCUT2D eigenvalue weighted by Crippen LogP contribution is 2.35. The Morgan fingerprint density at radius 3 is 2.54 bits per heavy atom. The molecule has 0 fully saturated rings. The number of nitrogens with zero attached hydrogens (tertiary/aromatic N) is 2. The normalized spacial score (nSPS) is 17.7. The molecule has 0 spiro atoms. The summed E-state index contributed by atoms with van der Waals surface area (Å²) in [4.78, 5) is 27.5. The molecule has 2 amide bonds. The molecule has 3 rings (SSSR count). The van der Waals surface area contributed by atoms with Crippen LogP contribution in [0, 0.1) is 0 Å². The summed E-state index contributed by atoms with van der Waals surface area (Å²) in [6.07, 6.45) is 3.76. The number of aryl methyl sites for hydroxylation is 1. The van der Waals surface area contributed by atoms with Crippen molar-refractivity contribution in [3.05, 3.63) is 29.3 Å². The first-order valence-corrected chi connectivity index (χ1v) is 9.02. The van der Waals surface area contributed by atoms with E-state index in [4.69, 9.17) is 10.5 Å². The Kier molecular flexibility index (Phi) is 4.69. The van der Waals surface area contributed by atoms with E-state index in [0.29, 0.717) is 25.2 Å². The van der Waals surface area contributed by atoms with Gasteiger partial charge in [-0.05, 0) is 56.9 Å². The number of carbonyl (C=O) groups is 2. The predicted molar refractivity (Wildman–Crippen MR) is 103 cm³/mol. The summed E-state index contributed by atoms with van der Waals surface area (Å²) in [5, 5.41) is 0. The molecule has 6 nitrogen and oxygen atoms in total. The zero-order chi connectivity index (χ0) is 19.1. The van der Waals surface area contributed by atoms with Gasteiger partial charge in [0, 0.05) is 43.5 Å². The summed E-state index contributed by atoms with van der Waals surface area (Å²) in [7, 11) is 1.79. The Morgan fingerprint density at radius 1 is 1.19 bits per heavy atom. The molecule has 2 heterocycles. The SMILES string of the molecule is CN1C(=O)CCc2cc(C3=CCN(C(=O)OC(C)(C)C)CC3)c(N)cc21. The van der Waals surface area contributed by atoms with Crippen molar-refractivity contribution in [1.82, 2.24) is 4.90 Å². The van der Waals surface area contributed by atoms with E-state index in [1.54, 1.807) is 16.8 Å². The molecule has 0 atom stereocenters. The average molecular weight is 357 g/mol. The number of carbonyl (C=O) groups excluding carboxylic acids is 2. The maximum Gasteiger partial charge on any atom is 0.410 e. The van der Waals surface area contributed by atoms with Crippen molar-refractivity contribution in [2.45, 2.75) is 45.6 Å². The van der Waals surface area contributed by atoms with Crippen LogP contribution in [0.25, 0.3) is 5.57 Å². The van der Waals surface area contributed by atoms with Gasteiger partial charge in [-0.3, -0.25) is 4.79 Å². The lowest BCUT2D eigenvalue weighted by molar-refractivity contribution is -0.118. The van der Waals surface area contributed by atoms with E-state index in [2.05, 4.69) is 6.07 Å². The number of rotatable bonds is 1. The van der Waals surface area contributed by atoms with Crippen LogP contribution in [-0.4, -0.2) is 42.6 Å². The largest absolute Gasteiger partial charge is 0.444 e.